The molecule has 0 atom stereocenters. The van der Waals surface area contributed by atoms with Gasteiger partial charge in [0.15, 0.2) is 0 Å². The smallest absolute Gasteiger partial charge is 0.449 e. The average molecular weight is 249 g/mol. The first-order valence-electron chi connectivity index (χ1n) is 5.75. The SMILES string of the molecule is CCN1C(=O)C(C)(C)c2ccc(OC(=O)O)cc21. The van der Waals surface area contributed by atoms with Crippen LogP contribution < -0.4 is 9.64 Å². The molecule has 0 bridgehead atoms. The van der Waals surface area contributed by atoms with Crippen LogP contribution in [0.1, 0.15) is 26.3 Å². The van der Waals surface area contributed by atoms with Gasteiger partial charge in [0.25, 0.3) is 0 Å². The highest BCUT2D eigenvalue weighted by atomic mass is 16.7. The number of likely N-dealkylation sites (N-methyl/N-ethyl adjacent to an activating group) is 1. The Kier molecular flexibility index (Phi) is 2.77. The Morgan fingerprint density at radius 3 is 2.67 bits per heavy atom. The normalized spacial score (nSPS) is 16.6. The van der Waals surface area contributed by atoms with Crippen LogP contribution in [0, 0.1) is 0 Å². The monoisotopic (exact) mass is 249 g/mol. The van der Waals surface area contributed by atoms with Crippen molar-refractivity contribution in [1.29, 1.82) is 0 Å². The van der Waals surface area contributed by atoms with Crippen LogP contribution >= 0.6 is 0 Å². The van der Waals surface area contributed by atoms with E-state index in [4.69, 9.17) is 5.11 Å². The average Bonchev–Trinajstić information content (AvgIpc) is 2.46. The van der Waals surface area contributed by atoms with Crippen molar-refractivity contribution in [2.24, 2.45) is 0 Å². The molecule has 0 aliphatic carbocycles. The van der Waals surface area contributed by atoms with E-state index < -0.39 is 11.6 Å². The van der Waals surface area contributed by atoms with Gasteiger partial charge < -0.3 is 14.7 Å². The Bertz CT molecular complexity index is 522. The number of ether oxygens (including phenoxy) is 1. The van der Waals surface area contributed by atoms with E-state index in [1.807, 2.05) is 20.8 Å². The van der Waals surface area contributed by atoms with Gasteiger partial charge in [-0.2, -0.15) is 0 Å². The van der Waals surface area contributed by atoms with E-state index in [0.29, 0.717) is 6.54 Å². The quantitative estimate of drug-likeness (QED) is 0.645. The Hall–Kier alpha value is -2.04. The van der Waals surface area contributed by atoms with E-state index in [0.717, 1.165) is 11.3 Å². The third-order valence-electron chi connectivity index (χ3n) is 3.23. The largest absolute Gasteiger partial charge is 0.511 e. The zero-order valence-electron chi connectivity index (χ0n) is 10.6. The van der Waals surface area contributed by atoms with Gasteiger partial charge >= 0.3 is 6.16 Å². The van der Waals surface area contributed by atoms with Crippen LogP contribution in [0.25, 0.3) is 0 Å². The van der Waals surface area contributed by atoms with Crippen molar-refractivity contribution >= 4 is 17.7 Å². The molecule has 18 heavy (non-hydrogen) atoms. The minimum atomic E-state index is -1.36. The summed E-state index contributed by atoms with van der Waals surface area (Å²) in [7, 11) is 0. The molecular formula is C13H15NO4. The van der Waals surface area contributed by atoms with Gasteiger partial charge in [-0.05, 0) is 32.4 Å². The summed E-state index contributed by atoms with van der Waals surface area (Å²) in [5.41, 5.74) is 1.05. The molecule has 1 N–H and O–H groups in total. The molecule has 0 aromatic heterocycles. The van der Waals surface area contributed by atoms with Gasteiger partial charge in [0.1, 0.15) is 5.75 Å². The fourth-order valence-corrected chi connectivity index (χ4v) is 2.30. The number of carbonyl (C=O) groups excluding carboxylic acids is 1. The summed E-state index contributed by atoms with van der Waals surface area (Å²) >= 11 is 0. The third-order valence-corrected chi connectivity index (χ3v) is 3.23. The van der Waals surface area contributed by atoms with Gasteiger partial charge in [-0.25, -0.2) is 4.79 Å². The number of hydrogen-bond acceptors (Lipinski definition) is 3. The number of carbonyl (C=O) groups is 2. The fraction of sp³-hybridized carbons (Fsp3) is 0.385. The molecule has 1 aliphatic heterocycles. The van der Waals surface area contributed by atoms with E-state index in [9.17, 15) is 9.59 Å². The van der Waals surface area contributed by atoms with Crippen molar-refractivity contribution in [1.82, 2.24) is 0 Å². The number of rotatable bonds is 2. The van der Waals surface area contributed by atoms with Crippen molar-refractivity contribution in [2.45, 2.75) is 26.2 Å². The van der Waals surface area contributed by atoms with E-state index in [1.165, 1.54) is 0 Å². The molecule has 2 rings (SSSR count). The van der Waals surface area contributed by atoms with E-state index in [-0.39, 0.29) is 11.7 Å². The second kappa shape index (κ2) is 4.01. The lowest BCUT2D eigenvalue weighted by molar-refractivity contribution is -0.122. The molecule has 1 aliphatic rings. The molecule has 0 unspecified atom stereocenters. The molecule has 96 valence electrons. The van der Waals surface area contributed by atoms with Crippen LogP contribution in [-0.2, 0) is 10.2 Å². The van der Waals surface area contributed by atoms with Crippen LogP contribution in [-0.4, -0.2) is 23.7 Å². The Balaban J connectivity index is 2.50. The molecule has 0 radical (unpaired) electrons. The minimum Gasteiger partial charge on any atom is -0.449 e. The fourth-order valence-electron chi connectivity index (χ4n) is 2.30. The maximum absolute atomic E-state index is 12.2. The van der Waals surface area contributed by atoms with E-state index in [1.54, 1.807) is 23.1 Å². The number of nitrogens with zero attached hydrogens (tertiary/aromatic N) is 1. The number of anilines is 1. The molecule has 0 fully saturated rings. The molecule has 0 saturated carbocycles. The molecule has 5 nitrogen and oxygen atoms in total. The highest BCUT2D eigenvalue weighted by Gasteiger charge is 2.43. The van der Waals surface area contributed by atoms with Gasteiger partial charge in [0, 0.05) is 12.6 Å². The summed E-state index contributed by atoms with van der Waals surface area (Å²) in [6, 6.07) is 4.92. The lowest BCUT2D eigenvalue weighted by Gasteiger charge is -2.18. The molecule has 1 heterocycles. The maximum atomic E-state index is 12.2. The topological polar surface area (TPSA) is 66.8 Å². The highest BCUT2D eigenvalue weighted by Crippen LogP contribution is 2.42. The highest BCUT2D eigenvalue weighted by molar-refractivity contribution is 6.07. The number of fused-ring (bicyclic) bond motifs is 1. The maximum Gasteiger partial charge on any atom is 0.511 e. The standard InChI is InChI=1S/C13H15NO4/c1-4-14-10-7-8(18-12(16)17)5-6-9(10)13(2,3)11(14)15/h5-7H,4H2,1-3H3,(H,16,17). The Labute approximate surface area is 105 Å². The van der Waals surface area contributed by atoms with Crippen LogP contribution in [0.2, 0.25) is 0 Å². The van der Waals surface area contributed by atoms with E-state index >= 15 is 0 Å². The molecule has 1 amide bonds. The zero-order chi connectivity index (χ0) is 13.5. The van der Waals surface area contributed by atoms with Crippen molar-refractivity contribution < 1.29 is 19.4 Å². The summed E-state index contributed by atoms with van der Waals surface area (Å²) in [6.45, 7) is 6.16. The molecule has 1 aromatic rings. The molecular weight excluding hydrogens is 234 g/mol. The third kappa shape index (κ3) is 1.72. The first-order chi connectivity index (χ1) is 8.37. The van der Waals surface area contributed by atoms with Gasteiger partial charge in [0.2, 0.25) is 5.91 Å². The van der Waals surface area contributed by atoms with Crippen molar-refractivity contribution in [3.63, 3.8) is 0 Å². The van der Waals surface area contributed by atoms with Crippen molar-refractivity contribution in [2.75, 3.05) is 11.4 Å². The van der Waals surface area contributed by atoms with Gasteiger partial charge in [0.05, 0.1) is 11.1 Å². The number of amides is 1. The van der Waals surface area contributed by atoms with Crippen LogP contribution in [0.4, 0.5) is 10.5 Å². The summed E-state index contributed by atoms with van der Waals surface area (Å²) in [6.07, 6.45) is -1.36. The minimum absolute atomic E-state index is 0.0208. The number of hydrogen-bond donors (Lipinski definition) is 1. The van der Waals surface area contributed by atoms with Gasteiger partial charge in [-0.1, -0.05) is 6.07 Å². The van der Waals surface area contributed by atoms with Crippen molar-refractivity contribution in [3.8, 4) is 5.75 Å². The second-order valence-corrected chi connectivity index (χ2v) is 4.72. The summed E-state index contributed by atoms with van der Waals surface area (Å²) in [5.74, 6) is 0.248. The summed E-state index contributed by atoms with van der Waals surface area (Å²) in [4.78, 5) is 24.4. The van der Waals surface area contributed by atoms with Crippen LogP contribution in [0.5, 0.6) is 5.75 Å². The molecule has 0 saturated heterocycles. The summed E-state index contributed by atoms with van der Waals surface area (Å²) < 4.78 is 4.61. The first kappa shape index (κ1) is 12.4. The number of benzene rings is 1. The lowest BCUT2D eigenvalue weighted by atomic mass is 9.86. The second-order valence-electron chi connectivity index (χ2n) is 4.72. The molecule has 1 aromatic carbocycles. The van der Waals surface area contributed by atoms with Crippen LogP contribution in [0.3, 0.4) is 0 Å². The summed E-state index contributed by atoms with van der Waals surface area (Å²) in [5, 5.41) is 8.59. The van der Waals surface area contributed by atoms with Crippen molar-refractivity contribution in [3.05, 3.63) is 23.8 Å². The molecule has 5 heteroatoms. The first-order valence-corrected chi connectivity index (χ1v) is 5.75. The van der Waals surface area contributed by atoms with Gasteiger partial charge in [-0.15, -0.1) is 0 Å². The van der Waals surface area contributed by atoms with Crippen LogP contribution in [0.15, 0.2) is 18.2 Å². The number of carboxylic acid groups (broad SMARTS) is 1. The predicted molar refractivity (Wildman–Crippen MR) is 66.1 cm³/mol. The zero-order valence-corrected chi connectivity index (χ0v) is 10.6. The van der Waals surface area contributed by atoms with E-state index in [2.05, 4.69) is 4.74 Å². The Morgan fingerprint density at radius 1 is 1.44 bits per heavy atom. The van der Waals surface area contributed by atoms with Gasteiger partial charge in [-0.3, -0.25) is 4.79 Å². The Morgan fingerprint density at radius 2 is 2.11 bits per heavy atom. The molecule has 0 spiro atoms. The lowest BCUT2D eigenvalue weighted by Crippen LogP contribution is -2.35. The predicted octanol–water partition coefficient (Wildman–Crippen LogP) is 2.39.